The van der Waals surface area contributed by atoms with Gasteiger partial charge in [-0.1, -0.05) is 6.07 Å². The van der Waals surface area contributed by atoms with E-state index >= 15 is 0 Å². The molecule has 1 aromatic carbocycles. The lowest BCUT2D eigenvalue weighted by Gasteiger charge is -2.33. The normalized spacial score (nSPS) is 19.4. The van der Waals surface area contributed by atoms with Crippen LogP contribution in [0.1, 0.15) is 31.2 Å². The zero-order chi connectivity index (χ0) is 16.6. The number of hydrogen-bond acceptors (Lipinski definition) is 6. The highest BCUT2D eigenvalue weighted by Crippen LogP contribution is 2.30. The zero-order valence-corrected chi connectivity index (χ0v) is 12.3. The first kappa shape index (κ1) is 15.1. The third kappa shape index (κ3) is 2.55. The van der Waals surface area contributed by atoms with Crippen molar-refractivity contribution in [2.45, 2.75) is 37.8 Å². The zero-order valence-electron chi connectivity index (χ0n) is 12.3. The Balaban J connectivity index is 2.11. The maximum Gasteiger partial charge on any atom is 0.163 e. The standard InChI is InChI=1S/C17H14N2O4/c18-9-10-2-1-3-11(8-10)19(16-12(20)4-5-13(16)21)17-14(22)6-7-15(17)23/h1-3,8,16-17H,4-7H2. The SMILES string of the molecule is N#Cc1cccc(N(C2C(=O)CCC2=O)C2C(=O)CCC2=O)c1. The molecule has 1 aromatic rings. The molecule has 23 heavy (non-hydrogen) atoms. The van der Waals surface area contributed by atoms with E-state index in [0.717, 1.165) is 0 Å². The van der Waals surface area contributed by atoms with Crippen molar-refractivity contribution in [2.75, 3.05) is 4.90 Å². The van der Waals surface area contributed by atoms with E-state index in [1.54, 1.807) is 18.2 Å². The second-order valence-electron chi connectivity index (χ2n) is 5.74. The van der Waals surface area contributed by atoms with E-state index in [-0.39, 0.29) is 48.8 Å². The highest BCUT2D eigenvalue weighted by molar-refractivity contribution is 6.20. The summed E-state index contributed by atoms with van der Waals surface area (Å²) >= 11 is 0. The third-order valence-corrected chi connectivity index (χ3v) is 4.29. The van der Waals surface area contributed by atoms with Crippen molar-refractivity contribution < 1.29 is 19.2 Å². The third-order valence-electron chi connectivity index (χ3n) is 4.29. The quantitative estimate of drug-likeness (QED) is 0.772. The number of carbonyl (C=O) groups is 4. The summed E-state index contributed by atoms with van der Waals surface area (Å²) in [5.74, 6) is -1.15. The summed E-state index contributed by atoms with van der Waals surface area (Å²) in [7, 11) is 0. The number of hydrogen-bond donors (Lipinski definition) is 0. The fourth-order valence-corrected chi connectivity index (χ4v) is 3.20. The smallest absolute Gasteiger partial charge is 0.163 e. The van der Waals surface area contributed by atoms with Crippen molar-refractivity contribution in [1.82, 2.24) is 0 Å². The maximum absolute atomic E-state index is 12.2. The predicted molar refractivity (Wildman–Crippen MR) is 79.7 cm³/mol. The van der Waals surface area contributed by atoms with Gasteiger partial charge in [0, 0.05) is 31.4 Å². The lowest BCUT2D eigenvalue weighted by Crippen LogP contribution is -2.53. The van der Waals surface area contributed by atoms with Gasteiger partial charge in [-0.3, -0.25) is 19.2 Å². The van der Waals surface area contributed by atoms with Crippen LogP contribution in [0.2, 0.25) is 0 Å². The second kappa shape index (κ2) is 5.76. The highest BCUT2D eigenvalue weighted by Gasteiger charge is 2.47. The van der Waals surface area contributed by atoms with E-state index in [2.05, 4.69) is 0 Å². The van der Waals surface area contributed by atoms with E-state index < -0.39 is 12.1 Å². The summed E-state index contributed by atoms with van der Waals surface area (Å²) in [5.41, 5.74) is 0.717. The van der Waals surface area contributed by atoms with Gasteiger partial charge in [-0.2, -0.15) is 5.26 Å². The number of carbonyl (C=O) groups excluding carboxylic acids is 4. The molecule has 116 valence electrons. The van der Waals surface area contributed by atoms with Crippen molar-refractivity contribution in [3.8, 4) is 6.07 Å². The van der Waals surface area contributed by atoms with E-state index in [9.17, 15) is 19.2 Å². The van der Waals surface area contributed by atoms with Gasteiger partial charge in [-0.25, -0.2) is 0 Å². The molecule has 0 atom stereocenters. The maximum atomic E-state index is 12.2. The minimum absolute atomic E-state index is 0.118. The van der Waals surface area contributed by atoms with Crippen LogP contribution < -0.4 is 4.90 Å². The average Bonchev–Trinajstić information content (AvgIpc) is 3.05. The van der Waals surface area contributed by atoms with Crippen molar-refractivity contribution in [3.05, 3.63) is 29.8 Å². The summed E-state index contributed by atoms with van der Waals surface area (Å²) in [6.07, 6.45) is 0.472. The van der Waals surface area contributed by atoms with Gasteiger partial charge in [0.15, 0.2) is 23.1 Å². The number of anilines is 1. The van der Waals surface area contributed by atoms with Crippen LogP contribution in [-0.4, -0.2) is 35.2 Å². The van der Waals surface area contributed by atoms with Crippen molar-refractivity contribution in [1.29, 1.82) is 5.26 Å². The molecule has 0 amide bonds. The van der Waals surface area contributed by atoms with Gasteiger partial charge in [0.25, 0.3) is 0 Å². The van der Waals surface area contributed by atoms with E-state index in [4.69, 9.17) is 5.26 Å². The van der Waals surface area contributed by atoms with Gasteiger partial charge >= 0.3 is 0 Å². The fraction of sp³-hybridized carbons (Fsp3) is 0.353. The van der Waals surface area contributed by atoms with Crippen LogP contribution in [0.4, 0.5) is 5.69 Å². The fourth-order valence-electron chi connectivity index (χ4n) is 3.20. The van der Waals surface area contributed by atoms with Gasteiger partial charge in [0.05, 0.1) is 11.6 Å². The van der Waals surface area contributed by atoms with Crippen molar-refractivity contribution in [3.63, 3.8) is 0 Å². The molecule has 2 saturated carbocycles. The molecule has 0 aromatic heterocycles. The van der Waals surface area contributed by atoms with E-state index in [0.29, 0.717) is 11.3 Å². The molecule has 0 bridgehead atoms. The van der Waals surface area contributed by atoms with E-state index in [1.165, 1.54) is 11.0 Å². The molecule has 0 radical (unpaired) electrons. The number of rotatable bonds is 3. The lowest BCUT2D eigenvalue weighted by atomic mass is 10.0. The average molecular weight is 310 g/mol. The molecule has 2 fully saturated rings. The second-order valence-corrected chi connectivity index (χ2v) is 5.74. The molecule has 2 aliphatic rings. The topological polar surface area (TPSA) is 95.3 Å². The van der Waals surface area contributed by atoms with Crippen LogP contribution in [0.3, 0.4) is 0 Å². The van der Waals surface area contributed by atoms with Crippen LogP contribution >= 0.6 is 0 Å². The number of nitriles is 1. The summed E-state index contributed by atoms with van der Waals surface area (Å²) in [6.45, 7) is 0. The largest absolute Gasteiger partial charge is 0.338 e. The molecule has 0 N–H and O–H groups in total. The molecule has 0 unspecified atom stereocenters. The Morgan fingerprint density at radius 3 is 1.78 bits per heavy atom. The van der Waals surface area contributed by atoms with Gasteiger partial charge in [0.2, 0.25) is 0 Å². The Morgan fingerprint density at radius 1 is 0.870 bits per heavy atom. The van der Waals surface area contributed by atoms with Crippen LogP contribution in [0.25, 0.3) is 0 Å². The summed E-state index contributed by atoms with van der Waals surface area (Å²) in [5, 5.41) is 9.05. The monoisotopic (exact) mass is 310 g/mol. The Labute approximate surface area is 132 Å². The van der Waals surface area contributed by atoms with Gasteiger partial charge in [-0.15, -0.1) is 0 Å². The Hall–Kier alpha value is -2.81. The van der Waals surface area contributed by atoms with Crippen LogP contribution in [0, 0.1) is 11.3 Å². The molecule has 0 aliphatic heterocycles. The van der Waals surface area contributed by atoms with Gasteiger partial charge in [0.1, 0.15) is 12.1 Å². The van der Waals surface area contributed by atoms with Gasteiger partial charge < -0.3 is 4.90 Å². The Morgan fingerprint density at radius 2 is 1.35 bits per heavy atom. The summed E-state index contributed by atoms with van der Waals surface area (Å²) in [6, 6.07) is 6.05. The summed E-state index contributed by atoms with van der Waals surface area (Å²) < 4.78 is 0. The molecule has 0 heterocycles. The predicted octanol–water partition coefficient (Wildman–Crippen LogP) is 0.966. The molecule has 2 aliphatic carbocycles. The molecular formula is C17H14N2O4. The molecular weight excluding hydrogens is 296 g/mol. The number of Topliss-reactive ketones (excluding diaryl/α,β-unsaturated/α-hetero) is 4. The highest BCUT2D eigenvalue weighted by atomic mass is 16.2. The molecule has 6 heteroatoms. The summed E-state index contributed by atoms with van der Waals surface area (Å²) in [4.78, 5) is 50.0. The van der Waals surface area contributed by atoms with Crippen molar-refractivity contribution in [2.24, 2.45) is 0 Å². The van der Waals surface area contributed by atoms with Crippen molar-refractivity contribution >= 4 is 28.8 Å². The molecule has 0 spiro atoms. The molecule has 3 rings (SSSR count). The first-order valence-corrected chi connectivity index (χ1v) is 7.42. The Bertz CT molecular complexity index is 694. The van der Waals surface area contributed by atoms with Crippen LogP contribution in [0.15, 0.2) is 24.3 Å². The minimum Gasteiger partial charge on any atom is -0.338 e. The van der Waals surface area contributed by atoms with Crippen LogP contribution in [0.5, 0.6) is 0 Å². The first-order valence-electron chi connectivity index (χ1n) is 7.42. The number of ketones is 4. The minimum atomic E-state index is -1.11. The van der Waals surface area contributed by atoms with Gasteiger partial charge in [-0.05, 0) is 18.2 Å². The molecule has 0 saturated heterocycles. The lowest BCUT2D eigenvalue weighted by molar-refractivity contribution is -0.125. The number of nitrogens with zero attached hydrogens (tertiary/aromatic N) is 2. The first-order chi connectivity index (χ1) is 11.0. The van der Waals surface area contributed by atoms with Crippen LogP contribution in [-0.2, 0) is 19.2 Å². The van der Waals surface area contributed by atoms with E-state index in [1.807, 2.05) is 6.07 Å². The number of benzene rings is 1. The molecule has 6 nitrogen and oxygen atoms in total. The Kier molecular flexibility index (Phi) is 3.78.